The smallest absolute Gasteiger partial charge is 0.264 e. The lowest BCUT2D eigenvalue weighted by Crippen LogP contribution is -2.18. The molecule has 0 saturated carbocycles. The average Bonchev–Trinajstić information content (AvgIpc) is 2.85. The van der Waals surface area contributed by atoms with Gasteiger partial charge in [-0.1, -0.05) is 109 Å². The second-order valence-corrected chi connectivity index (χ2v) is 21.0. The van der Waals surface area contributed by atoms with Crippen molar-refractivity contribution in [1.82, 2.24) is 0 Å². The van der Waals surface area contributed by atoms with Crippen molar-refractivity contribution in [3.63, 3.8) is 0 Å². The third kappa shape index (κ3) is 168. The van der Waals surface area contributed by atoms with Gasteiger partial charge in [0.25, 0.3) is 0 Å². The Morgan fingerprint density at radius 2 is 0.534 bits per heavy atom. The highest BCUT2D eigenvalue weighted by molar-refractivity contribution is 7.82. The van der Waals surface area contributed by atoms with Crippen molar-refractivity contribution in [2.75, 3.05) is 26.4 Å². The molecular formula is C38H88O16S4. The molecule has 0 aromatic rings. The maximum atomic E-state index is 11.4. The lowest BCUT2D eigenvalue weighted by Gasteiger charge is -2.18. The number of hydrogen-bond donors (Lipinski definition) is 4. The Bertz CT molecular complexity index is 1310. The summed E-state index contributed by atoms with van der Waals surface area (Å²) in [6.45, 7) is 51.3. The third-order valence-electron chi connectivity index (χ3n) is 4.33. The minimum Gasteiger partial charge on any atom is -0.264 e. The molecule has 20 heteroatoms. The van der Waals surface area contributed by atoms with E-state index >= 15 is 0 Å². The molecule has 0 aromatic heterocycles. The molecule has 0 unspecified atom stereocenters. The molecular weight excluding hydrogens is 841 g/mol. The van der Waals surface area contributed by atoms with Crippen LogP contribution in [-0.2, 0) is 58.3 Å². The second kappa shape index (κ2) is 39.6. The summed E-state index contributed by atoms with van der Waals surface area (Å²) < 4.78 is 129. The normalized spacial score (nSPS) is 11.2. The fraction of sp³-hybridized carbons (Fsp3) is 0.789. The van der Waals surface area contributed by atoms with Gasteiger partial charge in [0, 0.05) is 0 Å². The molecule has 0 atom stereocenters. The van der Waals surface area contributed by atoms with E-state index in [4.69, 9.17) is 35.0 Å². The zero-order valence-electron chi connectivity index (χ0n) is 37.2. The highest BCUT2D eigenvalue weighted by Crippen LogP contribution is 2.21. The first-order valence-corrected chi connectivity index (χ1v) is 22.5. The fourth-order valence-corrected chi connectivity index (χ4v) is 3.07. The van der Waals surface area contributed by atoms with Gasteiger partial charge in [-0.3, -0.25) is 18.2 Å². The van der Waals surface area contributed by atoms with Crippen LogP contribution in [0.2, 0.25) is 0 Å². The van der Waals surface area contributed by atoms with Crippen LogP contribution in [0.1, 0.15) is 151 Å². The summed E-state index contributed by atoms with van der Waals surface area (Å²) in [5.74, 6) is 0. The van der Waals surface area contributed by atoms with Crippen LogP contribution < -0.4 is 0 Å². The molecule has 0 aliphatic carbocycles. The van der Waals surface area contributed by atoms with E-state index in [1.165, 1.54) is 11.1 Å². The van der Waals surface area contributed by atoms with Gasteiger partial charge < -0.3 is 0 Å². The predicted octanol–water partition coefficient (Wildman–Crippen LogP) is 11.0. The van der Waals surface area contributed by atoms with Crippen LogP contribution >= 0.6 is 0 Å². The lowest BCUT2D eigenvalue weighted by molar-refractivity contribution is 0.175. The molecule has 16 nitrogen and oxygen atoms in total. The van der Waals surface area contributed by atoms with E-state index in [0.29, 0.717) is 25.7 Å². The highest BCUT2D eigenvalue weighted by Gasteiger charge is 2.18. The zero-order chi connectivity index (χ0) is 47.6. The summed E-state index contributed by atoms with van der Waals surface area (Å²) in [6.07, 6.45) is 2.53. The second-order valence-electron chi connectivity index (χ2n) is 16.7. The third-order valence-corrected chi connectivity index (χ3v) is 6.17. The Morgan fingerprint density at radius 1 is 0.414 bits per heavy atom. The average molecular weight is 929 g/mol. The minimum atomic E-state index is -4.67. The number of hydrogen-bond acceptors (Lipinski definition) is 12. The van der Waals surface area contributed by atoms with Crippen molar-refractivity contribution in [2.24, 2.45) is 21.7 Å². The fourth-order valence-electron chi connectivity index (χ4n) is 1.84. The van der Waals surface area contributed by atoms with E-state index in [1.54, 1.807) is 0 Å². The molecule has 0 bridgehead atoms. The van der Waals surface area contributed by atoms with Crippen LogP contribution in [0.15, 0.2) is 50.6 Å². The van der Waals surface area contributed by atoms with Crippen LogP contribution in [0, 0.1) is 21.7 Å². The first kappa shape index (κ1) is 80.4. The maximum absolute atomic E-state index is 11.4. The molecule has 0 fully saturated rings. The first-order valence-electron chi connectivity index (χ1n) is 17.0. The monoisotopic (exact) mass is 928 g/mol. The van der Waals surface area contributed by atoms with Crippen molar-refractivity contribution in [2.45, 2.75) is 151 Å². The predicted molar refractivity (Wildman–Crippen MR) is 243 cm³/mol. The van der Waals surface area contributed by atoms with Gasteiger partial charge in [-0.2, -0.15) is 33.7 Å². The number of rotatable bonds is 12. The minimum absolute atomic E-state index is 0. The van der Waals surface area contributed by atoms with Crippen molar-refractivity contribution in [1.29, 1.82) is 0 Å². The van der Waals surface area contributed by atoms with Gasteiger partial charge in [0.2, 0.25) is 0 Å². The maximum Gasteiger partial charge on any atom is 0.399 e. The molecule has 0 aliphatic rings. The summed E-state index contributed by atoms with van der Waals surface area (Å²) in [6, 6.07) is 0. The van der Waals surface area contributed by atoms with Crippen LogP contribution in [0.4, 0.5) is 0 Å². The zero-order valence-corrected chi connectivity index (χ0v) is 40.5. The Hall–Kier alpha value is -1.56. The summed E-state index contributed by atoms with van der Waals surface area (Å²) in [5.41, 5.74) is 2.48. The van der Waals surface area contributed by atoms with E-state index in [0.717, 1.165) is 0 Å². The molecule has 0 aromatic carbocycles. The summed E-state index contributed by atoms with van der Waals surface area (Å²) in [7, 11) is -17.0. The van der Waals surface area contributed by atoms with E-state index < -0.39 is 41.6 Å². The molecule has 0 rings (SSSR count). The SMILES string of the molecule is C.C.C=C.C=C.C=C(C)C.C=C(C)C.CC(C)(C)CCOS(=O)(=O)O.CC(C)(C)CCOS(=O)(=O)O.CC(C)(C)CCOS(=O)(=O)OCCC(C)(C)C.O=S(=O)(O)O. The van der Waals surface area contributed by atoms with Gasteiger partial charge in [0.05, 0.1) is 26.4 Å². The van der Waals surface area contributed by atoms with Crippen LogP contribution in [0.25, 0.3) is 0 Å². The van der Waals surface area contributed by atoms with Crippen molar-refractivity contribution >= 4 is 41.6 Å². The quantitative estimate of drug-likeness (QED) is 0.105. The molecule has 4 N–H and O–H groups in total. The topological polar surface area (TPSA) is 254 Å². The summed E-state index contributed by atoms with van der Waals surface area (Å²) in [5, 5.41) is 0. The van der Waals surface area contributed by atoms with Gasteiger partial charge in [-0.05, 0) is 75.0 Å². The molecule has 0 heterocycles. The van der Waals surface area contributed by atoms with Crippen molar-refractivity contribution < 1.29 is 68.6 Å². The standard InChI is InChI=1S/C12H26O4S.2C6H14O4S.2C4H8.2C2H4.2CH4.H2O4S/c1-11(2,3)7-9-15-17(13,14)16-10-8-12(4,5)6;2*1-6(2,3)4-5-10-11(7,8)9;2*1-4(2)3;2*1-2;;;1-5(2,3)4/h7-10H2,1-6H3;2*4-5H2,1-3H3,(H,7,8,9);2*1H2,2-3H3;2*1-2H2;2*1H4;(H2,1,2,3,4). The van der Waals surface area contributed by atoms with Crippen LogP contribution in [0.3, 0.4) is 0 Å². The first-order chi connectivity index (χ1) is 24.3. The van der Waals surface area contributed by atoms with E-state index in [1.807, 2.05) is 111 Å². The molecule has 0 aliphatic heterocycles. The Labute approximate surface area is 358 Å². The van der Waals surface area contributed by atoms with Gasteiger partial charge in [-0.25, -0.2) is 16.7 Å². The Balaban J connectivity index is -0.0000000623. The molecule has 0 radical (unpaired) electrons. The summed E-state index contributed by atoms with van der Waals surface area (Å²) >= 11 is 0. The molecule has 58 heavy (non-hydrogen) atoms. The van der Waals surface area contributed by atoms with Crippen LogP contribution in [-0.4, -0.2) is 78.3 Å². The molecule has 0 saturated heterocycles. The Kier molecular flexibility index (Phi) is 54.9. The molecule has 0 spiro atoms. The van der Waals surface area contributed by atoms with E-state index in [2.05, 4.69) is 47.8 Å². The van der Waals surface area contributed by atoms with Gasteiger partial charge in [0.1, 0.15) is 0 Å². The van der Waals surface area contributed by atoms with E-state index in [9.17, 15) is 25.3 Å². The van der Waals surface area contributed by atoms with E-state index in [-0.39, 0.29) is 62.9 Å². The van der Waals surface area contributed by atoms with Gasteiger partial charge in [0.15, 0.2) is 0 Å². The molecule has 0 amide bonds. The van der Waals surface area contributed by atoms with Gasteiger partial charge in [-0.15, -0.1) is 39.5 Å². The van der Waals surface area contributed by atoms with Crippen molar-refractivity contribution in [3.05, 3.63) is 50.6 Å². The van der Waals surface area contributed by atoms with Crippen LogP contribution in [0.5, 0.6) is 0 Å². The number of allylic oxidation sites excluding steroid dienone is 2. The molecule has 360 valence electrons. The highest BCUT2D eigenvalue weighted by atomic mass is 32.3. The largest absolute Gasteiger partial charge is 0.399 e. The Morgan fingerprint density at radius 3 is 0.638 bits per heavy atom. The van der Waals surface area contributed by atoms with Gasteiger partial charge >= 0.3 is 41.6 Å². The van der Waals surface area contributed by atoms with Crippen molar-refractivity contribution in [3.8, 4) is 0 Å². The summed E-state index contributed by atoms with van der Waals surface area (Å²) in [4.78, 5) is 0. The lowest BCUT2D eigenvalue weighted by atomic mass is 9.93.